The molecular formula is C30H34Cl2O6. The van der Waals surface area contributed by atoms with Gasteiger partial charge in [-0.3, -0.25) is 9.59 Å². The van der Waals surface area contributed by atoms with Crippen LogP contribution in [0, 0.1) is 28.6 Å². The number of aliphatic hydroxyl groups is 1. The Kier molecular flexibility index (Phi) is 6.03. The van der Waals surface area contributed by atoms with Crippen molar-refractivity contribution in [2.45, 2.75) is 77.0 Å². The van der Waals surface area contributed by atoms with E-state index in [1.807, 2.05) is 19.9 Å². The number of ether oxygens (including phenoxy) is 3. The van der Waals surface area contributed by atoms with Crippen LogP contribution in [0.15, 0.2) is 42.0 Å². The van der Waals surface area contributed by atoms with E-state index in [4.69, 9.17) is 37.4 Å². The van der Waals surface area contributed by atoms with Gasteiger partial charge < -0.3 is 19.3 Å². The standard InChI is InChI=1S/C30H34Cl2O6/c1-27(2)37-25-13-20-19-7-5-16-11-18(33)9-10-28(16,3)26(19)22(34)14-29(20,4)30(25,38-27)24(35)15-36-23-8-6-17(31)12-21(23)32/h6,8-12,19-20,22,25-26,34H,5,7,13-15H2,1-4H3/t19?,20?,22-,25+,26?,28?,29?,30-/m0/s1. The highest BCUT2D eigenvalue weighted by Crippen LogP contribution is 2.70. The lowest BCUT2D eigenvalue weighted by molar-refractivity contribution is -0.225. The zero-order chi connectivity index (χ0) is 27.3. The normalized spacial score (nSPS) is 42.6. The van der Waals surface area contributed by atoms with Gasteiger partial charge in [-0.2, -0.15) is 0 Å². The first-order chi connectivity index (χ1) is 17.8. The SMILES string of the molecule is CC1(C)O[C@@H]2CC3C4CCC5=CC(=O)C=CC5(C)C4[C@@H](O)CC3(C)[C@@]2(C(=O)COc2ccc(Cl)cc2Cl)O1. The minimum absolute atomic E-state index is 0.0100. The molecule has 6 rings (SSSR count). The van der Waals surface area contributed by atoms with E-state index >= 15 is 0 Å². The summed E-state index contributed by atoms with van der Waals surface area (Å²) in [6, 6.07) is 4.89. The second-order valence-electron chi connectivity index (χ2n) is 12.6. The molecule has 0 aromatic heterocycles. The molecule has 1 N–H and O–H groups in total. The second kappa shape index (κ2) is 8.65. The van der Waals surface area contributed by atoms with E-state index in [9.17, 15) is 14.7 Å². The topological polar surface area (TPSA) is 82.1 Å². The zero-order valence-corrected chi connectivity index (χ0v) is 23.6. The Hall–Kier alpha value is -1.70. The second-order valence-corrected chi connectivity index (χ2v) is 13.4. The molecule has 6 nitrogen and oxygen atoms in total. The van der Waals surface area contributed by atoms with Crippen LogP contribution in [0.25, 0.3) is 0 Å². The molecule has 1 aromatic rings. The Labute approximate surface area is 233 Å². The number of benzene rings is 1. The average Bonchev–Trinajstić information content (AvgIpc) is 3.24. The maximum atomic E-state index is 14.2. The molecule has 1 saturated heterocycles. The predicted octanol–water partition coefficient (Wildman–Crippen LogP) is 5.72. The molecule has 4 aliphatic carbocycles. The summed E-state index contributed by atoms with van der Waals surface area (Å²) in [5.74, 6) is -0.568. The van der Waals surface area contributed by atoms with Gasteiger partial charge in [0.15, 0.2) is 17.2 Å². The van der Waals surface area contributed by atoms with Crippen molar-refractivity contribution in [2.75, 3.05) is 6.61 Å². The number of hydrogen-bond donors (Lipinski definition) is 1. The van der Waals surface area contributed by atoms with Crippen LogP contribution in [0.2, 0.25) is 10.0 Å². The van der Waals surface area contributed by atoms with Crippen LogP contribution < -0.4 is 4.74 Å². The smallest absolute Gasteiger partial charge is 0.205 e. The fraction of sp³-hybridized carbons (Fsp3) is 0.600. The van der Waals surface area contributed by atoms with Gasteiger partial charge in [0.1, 0.15) is 12.4 Å². The number of aliphatic hydroxyl groups excluding tert-OH is 1. The van der Waals surface area contributed by atoms with Gasteiger partial charge in [-0.05, 0) is 81.7 Å². The molecule has 5 unspecified atom stereocenters. The lowest BCUT2D eigenvalue weighted by Crippen LogP contribution is -2.64. The summed E-state index contributed by atoms with van der Waals surface area (Å²) in [5, 5.41) is 12.6. The largest absolute Gasteiger partial charge is 0.484 e. The van der Waals surface area contributed by atoms with Crippen LogP contribution in [-0.4, -0.2) is 46.9 Å². The molecule has 0 bridgehead atoms. The highest BCUT2D eigenvalue weighted by molar-refractivity contribution is 6.35. The van der Waals surface area contributed by atoms with Gasteiger partial charge in [-0.1, -0.05) is 48.7 Å². The Morgan fingerprint density at radius 3 is 2.71 bits per heavy atom. The molecule has 8 atom stereocenters. The van der Waals surface area contributed by atoms with E-state index in [0.717, 1.165) is 18.4 Å². The summed E-state index contributed by atoms with van der Waals surface area (Å²) in [5.41, 5.74) is -1.22. The van der Waals surface area contributed by atoms with E-state index in [2.05, 4.69) is 13.8 Å². The molecule has 204 valence electrons. The Morgan fingerprint density at radius 2 is 1.97 bits per heavy atom. The number of allylic oxidation sites excluding steroid dienone is 4. The number of rotatable bonds is 4. The molecule has 1 aliphatic heterocycles. The fourth-order valence-corrected chi connectivity index (χ4v) is 9.23. The first-order valence-corrected chi connectivity index (χ1v) is 14.2. The lowest BCUT2D eigenvalue weighted by atomic mass is 9.46. The summed E-state index contributed by atoms with van der Waals surface area (Å²) in [4.78, 5) is 26.3. The van der Waals surface area contributed by atoms with E-state index in [-0.39, 0.29) is 41.3 Å². The van der Waals surface area contributed by atoms with Gasteiger partial charge in [0.2, 0.25) is 5.78 Å². The average molecular weight is 562 g/mol. The van der Waals surface area contributed by atoms with Crippen LogP contribution in [0.1, 0.15) is 53.4 Å². The highest BCUT2D eigenvalue weighted by atomic mass is 35.5. The monoisotopic (exact) mass is 560 g/mol. The van der Waals surface area contributed by atoms with Gasteiger partial charge in [0, 0.05) is 21.8 Å². The van der Waals surface area contributed by atoms with Gasteiger partial charge in [0.05, 0.1) is 17.2 Å². The van der Waals surface area contributed by atoms with Crippen LogP contribution in [0.4, 0.5) is 0 Å². The van der Waals surface area contributed by atoms with Gasteiger partial charge in [-0.25, -0.2) is 0 Å². The minimum Gasteiger partial charge on any atom is -0.484 e. The van der Waals surface area contributed by atoms with Crippen molar-refractivity contribution in [3.05, 3.63) is 52.0 Å². The van der Waals surface area contributed by atoms with Crippen molar-refractivity contribution in [1.29, 1.82) is 0 Å². The Morgan fingerprint density at radius 1 is 1.21 bits per heavy atom. The summed E-state index contributed by atoms with van der Waals surface area (Å²) < 4.78 is 18.9. The van der Waals surface area contributed by atoms with E-state index in [1.54, 1.807) is 30.4 Å². The summed E-state index contributed by atoms with van der Waals surface area (Å²) >= 11 is 12.3. The third-order valence-corrected chi connectivity index (χ3v) is 10.7. The quantitative estimate of drug-likeness (QED) is 0.507. The van der Waals surface area contributed by atoms with Gasteiger partial charge in [-0.15, -0.1) is 0 Å². The molecular weight excluding hydrogens is 527 g/mol. The van der Waals surface area contributed by atoms with Crippen molar-refractivity contribution in [3.8, 4) is 5.75 Å². The van der Waals surface area contributed by atoms with Crippen molar-refractivity contribution >= 4 is 34.8 Å². The highest BCUT2D eigenvalue weighted by Gasteiger charge is 2.76. The van der Waals surface area contributed by atoms with E-state index < -0.39 is 29.0 Å². The zero-order valence-electron chi connectivity index (χ0n) is 22.1. The number of halogens is 2. The number of carbonyl (C=O) groups is 2. The molecule has 0 radical (unpaired) electrons. The maximum Gasteiger partial charge on any atom is 0.205 e. The van der Waals surface area contributed by atoms with E-state index in [1.165, 1.54) is 0 Å². The number of fused-ring (bicyclic) bond motifs is 7. The predicted molar refractivity (Wildman–Crippen MR) is 143 cm³/mol. The van der Waals surface area contributed by atoms with Crippen molar-refractivity contribution in [2.24, 2.45) is 28.6 Å². The molecule has 5 aliphatic rings. The summed E-state index contributed by atoms with van der Waals surface area (Å²) in [7, 11) is 0. The first kappa shape index (κ1) is 26.5. The van der Waals surface area contributed by atoms with Crippen molar-refractivity contribution < 1.29 is 28.9 Å². The molecule has 38 heavy (non-hydrogen) atoms. The molecule has 3 saturated carbocycles. The number of carbonyl (C=O) groups excluding carboxylic acids is 2. The Balaban J connectivity index is 1.35. The molecule has 1 aromatic carbocycles. The molecule has 4 fully saturated rings. The van der Waals surface area contributed by atoms with Crippen molar-refractivity contribution in [1.82, 2.24) is 0 Å². The number of Topliss-reactive ketones (excluding diaryl/α,β-unsaturated/α-hetero) is 1. The number of ketones is 2. The number of hydrogen-bond acceptors (Lipinski definition) is 6. The van der Waals surface area contributed by atoms with E-state index in [0.29, 0.717) is 28.6 Å². The van der Waals surface area contributed by atoms with Gasteiger partial charge >= 0.3 is 0 Å². The summed E-state index contributed by atoms with van der Waals surface area (Å²) in [6.45, 7) is 7.66. The van der Waals surface area contributed by atoms with Crippen LogP contribution in [0.3, 0.4) is 0 Å². The van der Waals surface area contributed by atoms with Crippen LogP contribution in [0.5, 0.6) is 5.75 Å². The molecule has 0 spiro atoms. The van der Waals surface area contributed by atoms with Gasteiger partial charge in [0.25, 0.3) is 0 Å². The third kappa shape index (κ3) is 3.63. The Bertz CT molecular complexity index is 1270. The lowest BCUT2D eigenvalue weighted by Gasteiger charge is -2.59. The third-order valence-electron chi connectivity index (χ3n) is 10.2. The molecule has 0 amide bonds. The summed E-state index contributed by atoms with van der Waals surface area (Å²) in [6.07, 6.45) is 6.95. The maximum absolute atomic E-state index is 14.2. The van der Waals surface area contributed by atoms with Crippen molar-refractivity contribution in [3.63, 3.8) is 0 Å². The minimum atomic E-state index is -1.26. The van der Waals surface area contributed by atoms with Crippen LogP contribution >= 0.6 is 23.2 Å². The molecule has 8 heteroatoms. The fourth-order valence-electron chi connectivity index (χ4n) is 8.76. The first-order valence-electron chi connectivity index (χ1n) is 13.4. The van der Waals surface area contributed by atoms with Crippen LogP contribution in [-0.2, 0) is 19.1 Å². The molecule has 1 heterocycles.